The molecule has 0 heterocycles. The lowest BCUT2D eigenvalue weighted by molar-refractivity contribution is 0.566. The van der Waals surface area contributed by atoms with E-state index in [0.29, 0.717) is 0 Å². The molecule has 2 aromatic rings. The van der Waals surface area contributed by atoms with Gasteiger partial charge in [0.15, 0.2) is 0 Å². The van der Waals surface area contributed by atoms with Crippen LogP contribution in [0, 0.1) is 11.3 Å². The van der Waals surface area contributed by atoms with Crippen LogP contribution in [0.15, 0.2) is 48.5 Å². The topological polar surface area (TPSA) is 35.8 Å². The molecular formula is C22H28N2. The van der Waals surface area contributed by atoms with E-state index in [1.165, 1.54) is 28.7 Å². The molecule has 0 spiro atoms. The fraction of sp³-hybridized carbons (Fsp3) is 0.409. The first kappa shape index (κ1) is 18.2. The maximum absolute atomic E-state index is 9.89. The molecule has 0 fully saturated rings. The molecular weight excluding hydrogens is 292 g/mol. The van der Waals surface area contributed by atoms with Crippen molar-refractivity contribution in [1.82, 2.24) is 5.32 Å². The molecule has 0 unspecified atom stereocenters. The summed E-state index contributed by atoms with van der Waals surface area (Å²) in [4.78, 5) is 0. The molecule has 126 valence electrons. The molecule has 2 heteroatoms. The minimum Gasteiger partial charge on any atom is -0.320 e. The Labute approximate surface area is 146 Å². The Hall–Kier alpha value is -2.11. The second-order valence-electron chi connectivity index (χ2n) is 6.32. The smallest absolute Gasteiger partial charge is 0.108 e. The Kier molecular flexibility index (Phi) is 6.58. The quantitative estimate of drug-likeness (QED) is 0.813. The lowest BCUT2D eigenvalue weighted by Gasteiger charge is -2.23. The Balaban J connectivity index is 0.000000368. The van der Waals surface area contributed by atoms with Crippen LogP contribution in [0.2, 0.25) is 0 Å². The van der Waals surface area contributed by atoms with Crippen molar-refractivity contribution in [2.75, 3.05) is 13.6 Å². The van der Waals surface area contributed by atoms with Crippen LogP contribution in [0.1, 0.15) is 50.7 Å². The summed E-state index contributed by atoms with van der Waals surface area (Å²) in [5, 5.41) is 12.9. The summed E-state index contributed by atoms with van der Waals surface area (Å²) < 4.78 is 0. The number of unbranched alkanes of at least 4 members (excludes halogenated alkanes) is 1. The van der Waals surface area contributed by atoms with Crippen LogP contribution in [-0.2, 0) is 5.41 Å². The highest BCUT2D eigenvalue weighted by Gasteiger charge is 2.42. The molecule has 0 saturated carbocycles. The number of nitrogens with one attached hydrogen (secondary N) is 1. The van der Waals surface area contributed by atoms with E-state index in [1.807, 2.05) is 19.2 Å². The minimum absolute atomic E-state index is 0.441. The maximum atomic E-state index is 9.89. The monoisotopic (exact) mass is 320 g/mol. The third-order valence-corrected chi connectivity index (χ3v) is 4.66. The van der Waals surface area contributed by atoms with Crippen molar-refractivity contribution in [2.45, 2.75) is 44.9 Å². The first-order valence-corrected chi connectivity index (χ1v) is 9.00. The largest absolute Gasteiger partial charge is 0.320 e. The number of fused-ring (bicyclic) bond motifs is 3. The van der Waals surface area contributed by atoms with Crippen molar-refractivity contribution in [3.05, 3.63) is 59.7 Å². The average Bonchev–Trinajstić information content (AvgIpc) is 2.92. The SMILES string of the molecule is CCCCC1(C#N)c2ccccc2-c2ccccc21.CCCNC. The van der Waals surface area contributed by atoms with E-state index >= 15 is 0 Å². The molecule has 0 radical (unpaired) electrons. The molecule has 0 bridgehead atoms. The number of rotatable bonds is 5. The van der Waals surface area contributed by atoms with E-state index in [4.69, 9.17) is 0 Å². The molecule has 0 aromatic heterocycles. The molecule has 2 nitrogen and oxygen atoms in total. The van der Waals surface area contributed by atoms with E-state index in [0.717, 1.165) is 25.8 Å². The van der Waals surface area contributed by atoms with E-state index in [2.05, 4.69) is 61.6 Å². The van der Waals surface area contributed by atoms with Gasteiger partial charge in [0.2, 0.25) is 0 Å². The number of hydrogen-bond donors (Lipinski definition) is 1. The first-order chi connectivity index (χ1) is 11.7. The van der Waals surface area contributed by atoms with E-state index < -0.39 is 5.41 Å². The lowest BCUT2D eigenvalue weighted by Crippen LogP contribution is -2.22. The summed E-state index contributed by atoms with van der Waals surface area (Å²) in [5.74, 6) is 0. The first-order valence-electron chi connectivity index (χ1n) is 9.00. The minimum atomic E-state index is -0.441. The van der Waals surface area contributed by atoms with Gasteiger partial charge in [-0.05, 0) is 48.7 Å². The highest BCUT2D eigenvalue weighted by Crippen LogP contribution is 2.50. The van der Waals surface area contributed by atoms with Gasteiger partial charge in [0.25, 0.3) is 0 Å². The molecule has 0 amide bonds. The van der Waals surface area contributed by atoms with Gasteiger partial charge in [-0.3, -0.25) is 0 Å². The molecule has 0 atom stereocenters. The normalized spacial score (nSPS) is 13.2. The van der Waals surface area contributed by atoms with Crippen LogP contribution in [0.5, 0.6) is 0 Å². The van der Waals surface area contributed by atoms with Gasteiger partial charge in [0.05, 0.1) is 6.07 Å². The second-order valence-corrected chi connectivity index (χ2v) is 6.32. The fourth-order valence-corrected chi connectivity index (χ4v) is 3.46. The van der Waals surface area contributed by atoms with Gasteiger partial charge >= 0.3 is 0 Å². The summed E-state index contributed by atoms with van der Waals surface area (Å²) in [5.41, 5.74) is 4.40. The van der Waals surface area contributed by atoms with Crippen LogP contribution in [-0.4, -0.2) is 13.6 Å². The summed E-state index contributed by atoms with van der Waals surface area (Å²) in [7, 11) is 1.96. The molecule has 1 N–H and O–H groups in total. The van der Waals surface area contributed by atoms with Crippen LogP contribution < -0.4 is 5.32 Å². The maximum Gasteiger partial charge on any atom is 0.108 e. The predicted molar refractivity (Wildman–Crippen MR) is 102 cm³/mol. The van der Waals surface area contributed by atoms with Gasteiger partial charge < -0.3 is 5.32 Å². The Morgan fingerprint density at radius 1 is 0.917 bits per heavy atom. The number of nitrogens with zero attached hydrogens (tertiary/aromatic N) is 1. The summed E-state index contributed by atoms with van der Waals surface area (Å²) >= 11 is 0. The summed E-state index contributed by atoms with van der Waals surface area (Å²) in [6.07, 6.45) is 4.34. The van der Waals surface area contributed by atoms with Crippen molar-refractivity contribution in [3.63, 3.8) is 0 Å². The van der Waals surface area contributed by atoms with Crippen molar-refractivity contribution < 1.29 is 0 Å². The van der Waals surface area contributed by atoms with Crippen LogP contribution in [0.3, 0.4) is 0 Å². The molecule has 0 saturated heterocycles. The second kappa shape index (κ2) is 8.66. The van der Waals surface area contributed by atoms with Crippen LogP contribution in [0.4, 0.5) is 0 Å². The number of benzene rings is 2. The molecule has 0 aliphatic heterocycles. The zero-order valence-corrected chi connectivity index (χ0v) is 15.1. The van der Waals surface area contributed by atoms with Crippen LogP contribution >= 0.6 is 0 Å². The lowest BCUT2D eigenvalue weighted by atomic mass is 9.75. The Morgan fingerprint density at radius 2 is 1.46 bits per heavy atom. The average molecular weight is 320 g/mol. The zero-order chi connectivity index (χ0) is 17.4. The zero-order valence-electron chi connectivity index (χ0n) is 15.1. The highest BCUT2D eigenvalue weighted by atomic mass is 14.8. The van der Waals surface area contributed by atoms with Gasteiger partial charge in [0, 0.05) is 0 Å². The molecule has 24 heavy (non-hydrogen) atoms. The predicted octanol–water partition coefficient (Wildman–Crippen LogP) is 5.28. The van der Waals surface area contributed by atoms with Gasteiger partial charge in [-0.15, -0.1) is 0 Å². The fourth-order valence-electron chi connectivity index (χ4n) is 3.46. The molecule has 1 aliphatic carbocycles. The Morgan fingerprint density at radius 3 is 1.83 bits per heavy atom. The van der Waals surface area contributed by atoms with Crippen molar-refractivity contribution >= 4 is 0 Å². The highest BCUT2D eigenvalue weighted by molar-refractivity contribution is 5.82. The standard InChI is InChI=1S/C18H17N.C4H11N/c1-2-3-12-18(13-19)16-10-6-4-8-14(16)15-9-5-7-11-17(15)18;1-3-4-5-2/h4-11H,2-3,12H2,1H3;5H,3-4H2,1-2H3. The van der Waals surface area contributed by atoms with Crippen molar-refractivity contribution in [3.8, 4) is 17.2 Å². The van der Waals surface area contributed by atoms with Gasteiger partial charge in [0.1, 0.15) is 5.41 Å². The third kappa shape index (κ3) is 3.37. The van der Waals surface area contributed by atoms with Crippen LogP contribution in [0.25, 0.3) is 11.1 Å². The van der Waals surface area contributed by atoms with E-state index in [9.17, 15) is 5.26 Å². The van der Waals surface area contributed by atoms with Crippen molar-refractivity contribution in [1.29, 1.82) is 5.26 Å². The number of nitriles is 1. The molecule has 3 rings (SSSR count). The molecule has 2 aromatic carbocycles. The number of hydrogen-bond acceptors (Lipinski definition) is 2. The summed E-state index contributed by atoms with van der Waals surface area (Å²) in [6, 6.07) is 19.3. The van der Waals surface area contributed by atoms with Gasteiger partial charge in [-0.2, -0.15) is 5.26 Å². The van der Waals surface area contributed by atoms with E-state index in [-0.39, 0.29) is 0 Å². The third-order valence-electron chi connectivity index (χ3n) is 4.66. The van der Waals surface area contributed by atoms with Crippen molar-refractivity contribution in [2.24, 2.45) is 0 Å². The van der Waals surface area contributed by atoms with Gasteiger partial charge in [-0.25, -0.2) is 0 Å². The summed E-state index contributed by atoms with van der Waals surface area (Å²) in [6.45, 7) is 5.47. The van der Waals surface area contributed by atoms with E-state index in [1.54, 1.807) is 0 Å². The Bertz CT molecular complexity index is 650. The molecule has 1 aliphatic rings. The van der Waals surface area contributed by atoms with Gasteiger partial charge in [-0.1, -0.05) is 75.2 Å².